The first-order valence-electron chi connectivity index (χ1n) is 45.6. The minimum Gasteiger partial charge on any atom is -0.350 e. The summed E-state index contributed by atoms with van der Waals surface area (Å²) in [4.78, 5) is 92.5. The van der Waals surface area contributed by atoms with Crippen molar-refractivity contribution in [3.8, 4) is 0 Å². The highest BCUT2D eigenvalue weighted by molar-refractivity contribution is 6.42. The Labute approximate surface area is 745 Å². The van der Waals surface area contributed by atoms with E-state index in [9.17, 15) is 28.8 Å². The van der Waals surface area contributed by atoms with Crippen LogP contribution in [0.2, 0.25) is 20.1 Å². The molecule has 9 atom stereocenters. The minimum atomic E-state index is -0.271. The van der Waals surface area contributed by atoms with Crippen LogP contribution in [0.4, 0.5) is 0 Å². The van der Waals surface area contributed by atoms with Crippen LogP contribution in [0.25, 0.3) is 21.5 Å². The maximum Gasteiger partial charge on any atom is 0.251 e. The second-order valence-electron chi connectivity index (χ2n) is 35.6. The van der Waals surface area contributed by atoms with Gasteiger partial charge in [-0.3, -0.25) is 28.8 Å². The lowest BCUT2D eigenvalue weighted by atomic mass is 9.83. The number of nitrogens with zero attached hydrogens (tertiary/aromatic N) is 5. The fourth-order valence-electron chi connectivity index (χ4n) is 18.8. The number of fused-ring (bicyclic) bond motifs is 2. The van der Waals surface area contributed by atoms with Crippen LogP contribution in [-0.2, 0) is 14.4 Å². The molecule has 6 amide bonds. The monoisotopic (exact) mass is 1730 g/mol. The minimum absolute atomic E-state index is 0.00569. The highest BCUT2D eigenvalue weighted by atomic mass is 35.5. The van der Waals surface area contributed by atoms with Crippen LogP contribution >= 0.6 is 46.4 Å². The lowest BCUT2D eigenvalue weighted by Crippen LogP contribution is -2.54. The van der Waals surface area contributed by atoms with Crippen molar-refractivity contribution in [2.75, 3.05) is 98.2 Å². The molecule has 0 radical (unpaired) electrons. The van der Waals surface area contributed by atoms with Gasteiger partial charge in [-0.15, -0.1) is 0 Å². The van der Waals surface area contributed by atoms with Gasteiger partial charge in [-0.2, -0.15) is 0 Å². The quantitative estimate of drug-likeness (QED) is 0.0262. The third kappa shape index (κ3) is 26.8. The molecule has 5 aliphatic heterocycles. The normalized spacial score (nSPS) is 21.5. The van der Waals surface area contributed by atoms with E-state index in [2.05, 4.69) is 171 Å². The van der Waals surface area contributed by atoms with Crippen LogP contribution in [-0.4, -0.2) is 194 Å². The molecule has 1 saturated carbocycles. The second kappa shape index (κ2) is 46.9. The summed E-state index contributed by atoms with van der Waals surface area (Å²) in [6, 6.07) is 58.7. The zero-order valence-electron chi connectivity index (χ0n) is 72.7. The van der Waals surface area contributed by atoms with E-state index >= 15 is 0 Å². The molecule has 1 aliphatic carbocycles. The number of hydrogen-bond acceptors (Lipinski definition) is 11. The van der Waals surface area contributed by atoms with Crippen molar-refractivity contribution in [2.45, 2.75) is 205 Å². The molecule has 122 heavy (non-hydrogen) atoms. The summed E-state index contributed by atoms with van der Waals surface area (Å²) in [5.41, 5.74) is 5.59. The molecule has 21 heteroatoms. The smallest absolute Gasteiger partial charge is 0.251 e. The predicted octanol–water partition coefficient (Wildman–Crippen LogP) is 18.9. The van der Waals surface area contributed by atoms with Crippen molar-refractivity contribution in [1.82, 2.24) is 56.4 Å². The van der Waals surface area contributed by atoms with E-state index in [1.54, 1.807) is 18.2 Å². The molecule has 654 valence electrons. The summed E-state index contributed by atoms with van der Waals surface area (Å²) in [5, 5.41) is 26.6. The number of nitrogens with one attached hydrogen (secondary N) is 6. The van der Waals surface area contributed by atoms with Gasteiger partial charge < -0.3 is 56.4 Å². The van der Waals surface area contributed by atoms with E-state index in [-0.39, 0.29) is 71.7 Å². The Kier molecular flexibility index (Phi) is 35.8. The standard InChI is InChI=1S/C37H49ClN4O2.C33H40ClN3O2.C31H42Cl2N4O2/c1-4-27(28-8-6-5-7-9-28)25-42-21-17-34(24-39-36(43)32-11-10-31-23-33(38)13-12-30(31)22-32)40-35(37(42)44)29-15-19-41(20-16-29)18-14-26(2)3;1-2-23(24-9-5-3-6-10-24)22-37-18-17-30(36-31(33(37)39)25-11-7-4-8-12-25)21-35-32(38)28-14-13-27-20-29(34)16-15-26(27)19-28;1-3-23(24-7-5-4-6-8-24)21-37-18-13-26(20-34-30(38)25-9-10-27(32)28(33)19-25)35-29(31(37)39)14-17-36-15-11-22(2)12-16-36/h5-13,22-23,26-27,29,34-35,40H,4,14-21,24-25H2,1-3H3,(H,39,43);3,5-6,9-10,13-16,19-20,23,25,30-31,36H,2,4,7-8,11-12,17-18,21-22H2,1H3,(H,35,38);4-10,19,22-23,26,29,35H,3,11-18,20-21H2,1-2H3,(H,34,38)/t27-,34?,35?;23-,30?,31?;23-,26+,29+/m111/s1. The Balaban J connectivity index is 0.000000168. The Morgan fingerprint density at radius 2 is 0.779 bits per heavy atom. The van der Waals surface area contributed by atoms with E-state index in [4.69, 9.17) is 46.4 Å². The van der Waals surface area contributed by atoms with E-state index in [1.165, 1.54) is 55.2 Å². The van der Waals surface area contributed by atoms with Crippen LogP contribution in [0.15, 0.2) is 182 Å². The molecule has 5 heterocycles. The SMILES string of the molecule is CC[C@H](CN1CCC(CNC(=O)c2ccc3cc(Cl)ccc3c2)NC(C2CCCCC2)C1=O)c1ccccc1.CC[C@H](CN1CCC(CNC(=O)c2ccc3cc(Cl)ccc3c2)NC(C2CCN(CCC(C)C)CC2)C1=O)c1ccccc1.CC[C@H](CN1CC[C@@H](CNC(=O)c2ccc(Cl)c(Cl)c2)N[C@@H](CCN2CCC(C)CC2)C1=O)c1ccccc1. The average Bonchev–Trinajstić information content (AvgIpc) is 1.49. The molecule has 0 aromatic heterocycles. The molecule has 6 aliphatic rings. The highest BCUT2D eigenvalue weighted by Gasteiger charge is 2.41. The summed E-state index contributed by atoms with van der Waals surface area (Å²) in [7, 11) is 0. The summed E-state index contributed by atoms with van der Waals surface area (Å²) in [5.74, 6) is 3.30. The fraction of sp³-hybridized carbons (Fsp3) is 0.505. The number of benzene rings is 8. The van der Waals surface area contributed by atoms with Crippen LogP contribution in [0.3, 0.4) is 0 Å². The van der Waals surface area contributed by atoms with Gasteiger partial charge in [0, 0.05) is 128 Å². The first-order valence-corrected chi connectivity index (χ1v) is 47.1. The van der Waals surface area contributed by atoms with Crippen LogP contribution < -0.4 is 31.9 Å². The molecule has 0 spiro atoms. The molecule has 5 saturated heterocycles. The van der Waals surface area contributed by atoms with Gasteiger partial charge in [0.05, 0.1) is 28.2 Å². The number of rotatable bonds is 29. The zero-order chi connectivity index (χ0) is 86.0. The van der Waals surface area contributed by atoms with Gasteiger partial charge in [0.25, 0.3) is 17.7 Å². The van der Waals surface area contributed by atoms with E-state index in [0.717, 1.165) is 150 Å². The van der Waals surface area contributed by atoms with Gasteiger partial charge in [-0.1, -0.05) is 222 Å². The summed E-state index contributed by atoms with van der Waals surface area (Å²) in [6.07, 6.45) is 17.6. The zero-order valence-corrected chi connectivity index (χ0v) is 75.7. The molecule has 8 aromatic carbocycles. The van der Waals surface area contributed by atoms with Crippen molar-refractivity contribution < 1.29 is 28.8 Å². The Morgan fingerprint density at radius 3 is 1.20 bits per heavy atom. The van der Waals surface area contributed by atoms with Crippen molar-refractivity contribution in [3.05, 3.63) is 235 Å². The van der Waals surface area contributed by atoms with Crippen molar-refractivity contribution >= 4 is 103 Å². The number of carbonyl (C=O) groups excluding carboxylic acids is 6. The summed E-state index contributed by atoms with van der Waals surface area (Å²) < 4.78 is 0. The molecular formula is C101H131Cl4N11O6. The maximum atomic E-state index is 14.2. The molecule has 4 unspecified atom stereocenters. The largest absolute Gasteiger partial charge is 0.350 e. The molecule has 6 N–H and O–H groups in total. The molecule has 0 bridgehead atoms. The van der Waals surface area contributed by atoms with Gasteiger partial charge in [0.2, 0.25) is 17.7 Å². The topological polar surface area (TPSA) is 191 Å². The first kappa shape index (κ1) is 93.2. The average molecular weight is 1740 g/mol. The van der Waals surface area contributed by atoms with Crippen molar-refractivity contribution in [1.29, 1.82) is 0 Å². The molecule has 17 nitrogen and oxygen atoms in total. The number of carbonyl (C=O) groups is 6. The van der Waals surface area contributed by atoms with Gasteiger partial charge in [0.1, 0.15) is 0 Å². The van der Waals surface area contributed by atoms with Gasteiger partial charge in [-0.25, -0.2) is 0 Å². The predicted molar refractivity (Wildman–Crippen MR) is 500 cm³/mol. The van der Waals surface area contributed by atoms with E-state index in [0.29, 0.717) is 118 Å². The Morgan fingerprint density at radius 1 is 0.402 bits per heavy atom. The molecule has 6 fully saturated rings. The molecular weight excluding hydrogens is 1600 g/mol. The second-order valence-corrected chi connectivity index (χ2v) is 37.3. The van der Waals surface area contributed by atoms with Crippen molar-refractivity contribution in [2.24, 2.45) is 23.7 Å². The van der Waals surface area contributed by atoms with Crippen LogP contribution in [0.5, 0.6) is 0 Å². The van der Waals surface area contributed by atoms with Crippen molar-refractivity contribution in [3.63, 3.8) is 0 Å². The van der Waals surface area contributed by atoms with Gasteiger partial charge in [-0.05, 0) is 251 Å². The van der Waals surface area contributed by atoms with Gasteiger partial charge >= 0.3 is 0 Å². The fourth-order valence-corrected chi connectivity index (χ4v) is 19.4. The first-order chi connectivity index (χ1) is 59.1. The van der Waals surface area contributed by atoms with Crippen LogP contribution in [0, 0.1) is 23.7 Å². The highest BCUT2D eigenvalue weighted by Crippen LogP contribution is 2.34. The lowest BCUT2D eigenvalue weighted by Gasteiger charge is -2.38. The van der Waals surface area contributed by atoms with E-state index in [1.807, 2.05) is 91.0 Å². The lowest BCUT2D eigenvalue weighted by molar-refractivity contribution is -0.135. The van der Waals surface area contributed by atoms with Crippen LogP contribution in [0.1, 0.15) is 216 Å². The van der Waals surface area contributed by atoms with Gasteiger partial charge in [0.15, 0.2) is 0 Å². The third-order valence-electron chi connectivity index (χ3n) is 26.6. The molecule has 14 rings (SSSR count). The number of amides is 6. The Hall–Kier alpha value is -7.94. The van der Waals surface area contributed by atoms with E-state index < -0.39 is 0 Å². The Bertz CT molecular complexity index is 4680. The number of halogens is 4. The number of likely N-dealkylation sites (tertiary alicyclic amines) is 2. The summed E-state index contributed by atoms with van der Waals surface area (Å²) in [6.45, 7) is 25.5. The number of piperidine rings is 2. The molecule has 8 aromatic rings. The maximum absolute atomic E-state index is 14.2. The third-order valence-corrected chi connectivity index (χ3v) is 27.8. The summed E-state index contributed by atoms with van der Waals surface area (Å²) >= 11 is 24.4. The number of hydrogen-bond donors (Lipinski definition) is 6.